The van der Waals surface area contributed by atoms with E-state index in [0.717, 1.165) is 18.8 Å². The van der Waals surface area contributed by atoms with Crippen LogP contribution in [0.3, 0.4) is 0 Å². The second-order valence-electron chi connectivity index (χ2n) is 5.87. The van der Waals surface area contributed by atoms with Crippen LogP contribution < -0.4 is 10.1 Å². The van der Waals surface area contributed by atoms with E-state index in [4.69, 9.17) is 4.74 Å². The third-order valence-corrected chi connectivity index (χ3v) is 4.37. The lowest BCUT2D eigenvalue weighted by molar-refractivity contribution is 0.0751. The Bertz CT molecular complexity index is 383. The summed E-state index contributed by atoms with van der Waals surface area (Å²) in [7, 11) is 2.06. The van der Waals surface area contributed by atoms with Crippen molar-refractivity contribution >= 4 is 0 Å². The van der Waals surface area contributed by atoms with Gasteiger partial charge < -0.3 is 10.1 Å². The lowest BCUT2D eigenvalue weighted by Gasteiger charge is -2.52. The summed E-state index contributed by atoms with van der Waals surface area (Å²) in [5.74, 6) is 1.65. The highest BCUT2D eigenvalue weighted by Gasteiger charge is 2.47. The Labute approximate surface area is 111 Å². The van der Waals surface area contributed by atoms with Crippen molar-refractivity contribution in [1.82, 2.24) is 5.32 Å². The molecule has 2 nitrogen and oxygen atoms in total. The number of benzene rings is 1. The molecule has 1 saturated carbocycles. The highest BCUT2D eigenvalue weighted by Crippen LogP contribution is 2.52. The van der Waals surface area contributed by atoms with Gasteiger partial charge in [-0.15, -0.1) is 0 Å². The number of hydrogen-bond donors (Lipinski definition) is 1. The molecule has 0 saturated heterocycles. The zero-order valence-electron chi connectivity index (χ0n) is 12.0. The van der Waals surface area contributed by atoms with Gasteiger partial charge in [0.05, 0.1) is 6.61 Å². The lowest BCUT2D eigenvalue weighted by Crippen LogP contribution is -2.54. The van der Waals surface area contributed by atoms with Crippen molar-refractivity contribution in [3.05, 3.63) is 29.8 Å². The maximum Gasteiger partial charge on any atom is 0.119 e. The largest absolute Gasteiger partial charge is 0.494 e. The molecule has 1 aromatic rings. The Kier molecular flexibility index (Phi) is 3.96. The first-order valence-corrected chi connectivity index (χ1v) is 6.99. The van der Waals surface area contributed by atoms with E-state index in [1.165, 1.54) is 12.0 Å². The molecule has 0 radical (unpaired) electrons. The van der Waals surface area contributed by atoms with Gasteiger partial charge in [0, 0.05) is 6.04 Å². The maximum absolute atomic E-state index is 5.62. The van der Waals surface area contributed by atoms with Crippen molar-refractivity contribution in [2.75, 3.05) is 13.7 Å². The van der Waals surface area contributed by atoms with E-state index in [1.807, 2.05) is 0 Å². The van der Waals surface area contributed by atoms with Gasteiger partial charge in [0.1, 0.15) is 5.75 Å². The Balaban J connectivity index is 2.03. The normalized spacial score (nSPS) is 25.6. The van der Waals surface area contributed by atoms with Gasteiger partial charge in [0.25, 0.3) is 0 Å². The molecule has 0 bridgehead atoms. The fourth-order valence-electron chi connectivity index (χ4n) is 3.00. The summed E-state index contributed by atoms with van der Waals surface area (Å²) in [6.45, 7) is 7.63. The predicted octanol–water partition coefficient (Wildman–Crippen LogP) is 3.58. The molecular weight excluding hydrogens is 222 g/mol. The monoisotopic (exact) mass is 247 g/mol. The third kappa shape index (κ3) is 2.39. The van der Waals surface area contributed by atoms with Crippen LogP contribution >= 0.6 is 0 Å². The van der Waals surface area contributed by atoms with Gasteiger partial charge in [0.2, 0.25) is 0 Å². The van der Waals surface area contributed by atoms with Crippen LogP contribution in [-0.2, 0) is 0 Å². The first-order chi connectivity index (χ1) is 8.59. The summed E-state index contributed by atoms with van der Waals surface area (Å²) >= 11 is 0. The van der Waals surface area contributed by atoms with Crippen LogP contribution in [0.4, 0.5) is 0 Å². The molecule has 0 amide bonds. The van der Waals surface area contributed by atoms with Gasteiger partial charge in [-0.2, -0.15) is 0 Å². The SMILES string of the molecule is CCCOc1ccc(C2CC(NC)C2(C)C)cc1. The molecule has 0 spiro atoms. The number of rotatable bonds is 5. The minimum absolute atomic E-state index is 0.348. The fraction of sp³-hybridized carbons (Fsp3) is 0.625. The van der Waals surface area contributed by atoms with E-state index in [-0.39, 0.29) is 0 Å². The molecule has 18 heavy (non-hydrogen) atoms. The smallest absolute Gasteiger partial charge is 0.119 e. The highest BCUT2D eigenvalue weighted by atomic mass is 16.5. The van der Waals surface area contributed by atoms with Crippen molar-refractivity contribution in [3.8, 4) is 5.75 Å². The van der Waals surface area contributed by atoms with Crippen LogP contribution in [0.25, 0.3) is 0 Å². The summed E-state index contributed by atoms with van der Waals surface area (Å²) < 4.78 is 5.62. The Morgan fingerprint density at radius 3 is 2.44 bits per heavy atom. The number of nitrogens with one attached hydrogen (secondary N) is 1. The Hall–Kier alpha value is -1.02. The summed E-state index contributed by atoms with van der Waals surface area (Å²) in [4.78, 5) is 0. The molecule has 2 unspecified atom stereocenters. The summed E-state index contributed by atoms with van der Waals surface area (Å²) in [6, 6.07) is 9.30. The van der Waals surface area contributed by atoms with Crippen LogP contribution in [0.5, 0.6) is 5.75 Å². The highest BCUT2D eigenvalue weighted by molar-refractivity contribution is 5.33. The zero-order valence-corrected chi connectivity index (χ0v) is 12.0. The van der Waals surface area contributed by atoms with E-state index in [1.54, 1.807) is 0 Å². The Morgan fingerprint density at radius 2 is 1.94 bits per heavy atom. The second-order valence-corrected chi connectivity index (χ2v) is 5.87. The number of hydrogen-bond acceptors (Lipinski definition) is 2. The van der Waals surface area contributed by atoms with Crippen molar-refractivity contribution in [1.29, 1.82) is 0 Å². The van der Waals surface area contributed by atoms with E-state index >= 15 is 0 Å². The molecule has 100 valence electrons. The van der Waals surface area contributed by atoms with Crippen molar-refractivity contribution in [3.63, 3.8) is 0 Å². The van der Waals surface area contributed by atoms with Crippen LogP contribution in [0.15, 0.2) is 24.3 Å². The molecule has 1 N–H and O–H groups in total. The first kappa shape index (κ1) is 13.4. The average molecular weight is 247 g/mol. The summed E-state index contributed by atoms with van der Waals surface area (Å²) in [5.41, 5.74) is 1.79. The van der Waals surface area contributed by atoms with E-state index in [9.17, 15) is 0 Å². The van der Waals surface area contributed by atoms with Gasteiger partial charge in [-0.25, -0.2) is 0 Å². The quantitative estimate of drug-likeness (QED) is 0.858. The summed E-state index contributed by atoms with van der Waals surface area (Å²) in [6.07, 6.45) is 2.29. The minimum atomic E-state index is 0.348. The van der Waals surface area contributed by atoms with Crippen LogP contribution in [0.2, 0.25) is 0 Å². The lowest BCUT2D eigenvalue weighted by atomic mass is 9.56. The van der Waals surface area contributed by atoms with E-state index in [0.29, 0.717) is 17.4 Å². The standard InChI is InChI=1S/C16H25NO/c1-5-10-18-13-8-6-12(7-9-13)14-11-15(17-4)16(14,2)3/h6-9,14-15,17H,5,10-11H2,1-4H3. The molecule has 1 aromatic carbocycles. The van der Waals surface area contributed by atoms with Gasteiger partial charge in [-0.05, 0) is 48.9 Å². The summed E-state index contributed by atoms with van der Waals surface area (Å²) in [5, 5.41) is 3.41. The van der Waals surface area contributed by atoms with Crippen molar-refractivity contribution in [2.45, 2.75) is 45.6 Å². The molecule has 0 aliphatic heterocycles. The molecule has 1 aliphatic carbocycles. The predicted molar refractivity (Wildman–Crippen MR) is 76.2 cm³/mol. The first-order valence-electron chi connectivity index (χ1n) is 6.99. The molecule has 2 atom stereocenters. The Morgan fingerprint density at radius 1 is 1.28 bits per heavy atom. The topological polar surface area (TPSA) is 21.3 Å². The van der Waals surface area contributed by atoms with Crippen molar-refractivity contribution < 1.29 is 4.74 Å². The van der Waals surface area contributed by atoms with E-state index < -0.39 is 0 Å². The third-order valence-electron chi connectivity index (χ3n) is 4.37. The molecule has 1 aliphatic rings. The average Bonchev–Trinajstić information content (AvgIpc) is 2.37. The van der Waals surface area contributed by atoms with Gasteiger partial charge in [-0.3, -0.25) is 0 Å². The molecule has 2 heteroatoms. The van der Waals surface area contributed by atoms with Gasteiger partial charge >= 0.3 is 0 Å². The molecule has 0 aromatic heterocycles. The minimum Gasteiger partial charge on any atom is -0.494 e. The van der Waals surface area contributed by atoms with Crippen LogP contribution in [0, 0.1) is 5.41 Å². The fourth-order valence-corrected chi connectivity index (χ4v) is 3.00. The van der Waals surface area contributed by atoms with Gasteiger partial charge in [-0.1, -0.05) is 32.9 Å². The molecule has 0 heterocycles. The molecular formula is C16H25NO. The maximum atomic E-state index is 5.62. The zero-order chi connectivity index (χ0) is 13.2. The molecule has 2 rings (SSSR count). The second kappa shape index (κ2) is 5.31. The van der Waals surface area contributed by atoms with Crippen LogP contribution in [-0.4, -0.2) is 19.7 Å². The van der Waals surface area contributed by atoms with Crippen molar-refractivity contribution in [2.24, 2.45) is 5.41 Å². The number of ether oxygens (including phenoxy) is 1. The van der Waals surface area contributed by atoms with Crippen LogP contribution in [0.1, 0.15) is 45.1 Å². The van der Waals surface area contributed by atoms with Gasteiger partial charge in [0.15, 0.2) is 0 Å². The van der Waals surface area contributed by atoms with E-state index in [2.05, 4.69) is 57.4 Å². The molecule has 1 fully saturated rings.